The molecule has 2 aromatic rings. The van der Waals surface area contributed by atoms with E-state index in [0.29, 0.717) is 11.6 Å². The molecule has 0 saturated carbocycles. The number of aliphatic hydroxyl groups is 1. The quantitative estimate of drug-likeness (QED) is 0.923. The van der Waals surface area contributed by atoms with Gasteiger partial charge in [0.2, 0.25) is 0 Å². The number of hydrogen-bond acceptors (Lipinski definition) is 3. The first-order valence-electron chi connectivity index (χ1n) is 8.16. The van der Waals surface area contributed by atoms with Crippen LogP contribution < -0.4 is 0 Å². The summed E-state index contributed by atoms with van der Waals surface area (Å²) >= 11 is 0. The number of halogens is 1. The minimum absolute atomic E-state index is 0.257. The smallest absolute Gasteiger partial charge is 0.151 e. The first-order chi connectivity index (χ1) is 10.6. The zero-order valence-corrected chi connectivity index (χ0v) is 13.3. The summed E-state index contributed by atoms with van der Waals surface area (Å²) in [5.41, 5.74) is 1.33. The van der Waals surface area contributed by atoms with Crippen molar-refractivity contribution in [1.29, 1.82) is 0 Å². The van der Waals surface area contributed by atoms with Crippen molar-refractivity contribution in [2.45, 2.75) is 58.3 Å². The molecule has 2 heterocycles. The molecule has 2 unspecified atom stereocenters. The maximum atomic E-state index is 14.0. The number of benzene rings is 1. The minimum atomic E-state index is -0.284. The van der Waals surface area contributed by atoms with E-state index >= 15 is 0 Å². The van der Waals surface area contributed by atoms with Crippen molar-refractivity contribution in [2.24, 2.45) is 0 Å². The van der Waals surface area contributed by atoms with Crippen LogP contribution in [0, 0.1) is 5.82 Å². The Hall–Kier alpha value is -1.46. The fourth-order valence-corrected chi connectivity index (χ4v) is 3.58. The van der Waals surface area contributed by atoms with E-state index in [1.807, 2.05) is 13.0 Å². The maximum Gasteiger partial charge on any atom is 0.151 e. The van der Waals surface area contributed by atoms with Gasteiger partial charge in [-0.1, -0.05) is 6.07 Å². The lowest BCUT2D eigenvalue weighted by atomic mass is 10.1. The Morgan fingerprint density at radius 1 is 1.45 bits per heavy atom. The van der Waals surface area contributed by atoms with Gasteiger partial charge in [-0.2, -0.15) is 0 Å². The number of aromatic nitrogens is 2. The second-order valence-electron chi connectivity index (χ2n) is 6.23. The molecule has 5 heteroatoms. The van der Waals surface area contributed by atoms with Crippen LogP contribution in [0.2, 0.25) is 0 Å². The van der Waals surface area contributed by atoms with E-state index in [1.165, 1.54) is 6.07 Å². The molecule has 1 N–H and O–H groups in total. The number of hydrogen-bond donors (Lipinski definition) is 1. The highest BCUT2D eigenvalue weighted by Crippen LogP contribution is 2.25. The van der Waals surface area contributed by atoms with E-state index < -0.39 is 0 Å². The van der Waals surface area contributed by atoms with Crippen molar-refractivity contribution < 1.29 is 9.50 Å². The minimum Gasteiger partial charge on any atom is -0.393 e. The summed E-state index contributed by atoms with van der Waals surface area (Å²) in [5, 5.41) is 9.65. The Morgan fingerprint density at radius 3 is 3.00 bits per heavy atom. The molecule has 1 aliphatic rings. The maximum absolute atomic E-state index is 14.0. The third-order valence-corrected chi connectivity index (χ3v) is 4.58. The molecule has 1 aliphatic heterocycles. The Kier molecular flexibility index (Phi) is 4.45. The highest BCUT2D eigenvalue weighted by molar-refractivity contribution is 5.76. The summed E-state index contributed by atoms with van der Waals surface area (Å²) in [6.07, 6.45) is 2.78. The second kappa shape index (κ2) is 6.34. The Bertz CT molecular complexity index is 653. The van der Waals surface area contributed by atoms with Gasteiger partial charge in [0.1, 0.15) is 11.3 Å². The molecule has 0 radical (unpaired) electrons. The molecule has 1 saturated heterocycles. The average molecular weight is 305 g/mol. The molecule has 2 atom stereocenters. The highest BCUT2D eigenvalue weighted by Gasteiger charge is 2.27. The summed E-state index contributed by atoms with van der Waals surface area (Å²) < 4.78 is 16.0. The van der Waals surface area contributed by atoms with Gasteiger partial charge in [-0.05, 0) is 51.8 Å². The third-order valence-electron chi connectivity index (χ3n) is 4.58. The standard InChI is InChI=1S/C17H24FN3O/c1-3-21-15-8-4-7-14(18)17(15)19-16(21)11-20-9-5-6-13(20)10-12(2)22/h4,7-8,12-13,22H,3,5-6,9-11H2,1-2H3. The van der Waals surface area contributed by atoms with Crippen molar-refractivity contribution in [3.05, 3.63) is 29.8 Å². The van der Waals surface area contributed by atoms with Gasteiger partial charge in [-0.15, -0.1) is 0 Å². The van der Waals surface area contributed by atoms with Crippen LogP contribution >= 0.6 is 0 Å². The van der Waals surface area contributed by atoms with E-state index in [9.17, 15) is 9.50 Å². The molecule has 3 rings (SSSR count). The molecular weight excluding hydrogens is 281 g/mol. The van der Waals surface area contributed by atoms with Gasteiger partial charge in [0.15, 0.2) is 5.82 Å². The second-order valence-corrected chi connectivity index (χ2v) is 6.23. The van der Waals surface area contributed by atoms with Gasteiger partial charge in [0.25, 0.3) is 0 Å². The highest BCUT2D eigenvalue weighted by atomic mass is 19.1. The summed E-state index contributed by atoms with van der Waals surface area (Å²) in [4.78, 5) is 6.92. The number of likely N-dealkylation sites (tertiary alicyclic amines) is 1. The lowest BCUT2D eigenvalue weighted by Gasteiger charge is -2.25. The third kappa shape index (κ3) is 2.88. The number of fused-ring (bicyclic) bond motifs is 1. The van der Waals surface area contributed by atoms with Gasteiger partial charge in [-0.25, -0.2) is 9.37 Å². The lowest BCUT2D eigenvalue weighted by Crippen LogP contribution is -2.32. The molecular formula is C17H24FN3O. The Morgan fingerprint density at radius 2 is 2.27 bits per heavy atom. The van der Waals surface area contributed by atoms with Crippen molar-refractivity contribution in [1.82, 2.24) is 14.5 Å². The fraction of sp³-hybridized carbons (Fsp3) is 0.588. The van der Waals surface area contributed by atoms with Crippen molar-refractivity contribution >= 4 is 11.0 Å². The predicted octanol–water partition coefficient (Wildman–Crippen LogP) is 2.93. The number of nitrogens with zero attached hydrogens (tertiary/aromatic N) is 3. The lowest BCUT2D eigenvalue weighted by molar-refractivity contribution is 0.129. The van der Waals surface area contributed by atoms with E-state index in [-0.39, 0.29) is 11.9 Å². The van der Waals surface area contributed by atoms with Gasteiger partial charge < -0.3 is 9.67 Å². The molecule has 1 aromatic carbocycles. The van der Waals surface area contributed by atoms with Crippen LogP contribution in [0.1, 0.15) is 38.9 Å². The summed E-state index contributed by atoms with van der Waals surface area (Å²) in [6.45, 7) is 6.43. The van der Waals surface area contributed by atoms with Gasteiger partial charge >= 0.3 is 0 Å². The molecule has 1 aromatic heterocycles. The molecule has 0 spiro atoms. The van der Waals surface area contributed by atoms with E-state index in [0.717, 1.165) is 50.2 Å². The van der Waals surface area contributed by atoms with E-state index in [1.54, 1.807) is 6.07 Å². The van der Waals surface area contributed by atoms with Crippen molar-refractivity contribution in [3.8, 4) is 0 Å². The number of imidazole rings is 1. The normalized spacial score (nSPS) is 20.8. The monoisotopic (exact) mass is 305 g/mol. The molecule has 1 fully saturated rings. The van der Waals surface area contributed by atoms with Crippen molar-refractivity contribution in [3.63, 3.8) is 0 Å². The molecule has 0 bridgehead atoms. The van der Waals surface area contributed by atoms with Crippen LogP contribution in [0.5, 0.6) is 0 Å². The molecule has 0 amide bonds. The zero-order chi connectivity index (χ0) is 15.7. The van der Waals surface area contributed by atoms with E-state index in [4.69, 9.17) is 0 Å². The summed E-state index contributed by atoms with van der Waals surface area (Å²) in [6, 6.07) is 5.53. The Balaban J connectivity index is 1.88. The number of rotatable bonds is 5. The summed E-state index contributed by atoms with van der Waals surface area (Å²) in [7, 11) is 0. The van der Waals surface area contributed by atoms with Crippen LogP contribution in [-0.4, -0.2) is 38.2 Å². The van der Waals surface area contributed by atoms with E-state index in [2.05, 4.69) is 21.4 Å². The molecule has 22 heavy (non-hydrogen) atoms. The topological polar surface area (TPSA) is 41.3 Å². The van der Waals surface area contributed by atoms with Crippen LogP contribution in [0.15, 0.2) is 18.2 Å². The zero-order valence-electron chi connectivity index (χ0n) is 13.3. The average Bonchev–Trinajstić information content (AvgIpc) is 3.04. The Labute approximate surface area is 130 Å². The first-order valence-corrected chi connectivity index (χ1v) is 8.16. The molecule has 4 nitrogen and oxygen atoms in total. The van der Waals surface area contributed by atoms with Crippen LogP contribution in [0.25, 0.3) is 11.0 Å². The van der Waals surface area contributed by atoms with Crippen LogP contribution in [-0.2, 0) is 13.1 Å². The molecule has 0 aliphatic carbocycles. The fourth-order valence-electron chi connectivity index (χ4n) is 3.58. The van der Waals surface area contributed by atoms with Gasteiger partial charge in [-0.3, -0.25) is 4.90 Å². The number of para-hydroxylation sites is 1. The predicted molar refractivity (Wildman–Crippen MR) is 85.1 cm³/mol. The summed E-state index contributed by atoms with van der Waals surface area (Å²) in [5.74, 6) is 0.660. The van der Waals surface area contributed by atoms with Crippen LogP contribution in [0.3, 0.4) is 0 Å². The van der Waals surface area contributed by atoms with Gasteiger partial charge in [0.05, 0.1) is 18.2 Å². The number of aliphatic hydroxyl groups excluding tert-OH is 1. The molecule has 120 valence electrons. The largest absolute Gasteiger partial charge is 0.393 e. The van der Waals surface area contributed by atoms with Crippen molar-refractivity contribution in [2.75, 3.05) is 6.54 Å². The SMILES string of the molecule is CCn1c(CN2CCCC2CC(C)O)nc2c(F)cccc21. The first kappa shape index (κ1) is 15.4. The van der Waals surface area contributed by atoms with Gasteiger partial charge in [0, 0.05) is 12.6 Å². The number of aryl methyl sites for hydroxylation is 1. The van der Waals surface area contributed by atoms with Crippen LogP contribution in [0.4, 0.5) is 4.39 Å².